The third-order valence-corrected chi connectivity index (χ3v) is 6.22. The number of alkyl halides is 3. The Kier molecular flexibility index (Phi) is 6.38. The number of ether oxygens (including phenoxy) is 1. The molecule has 1 fully saturated rings. The number of benzene rings is 2. The third-order valence-electron chi connectivity index (χ3n) is 6.22. The summed E-state index contributed by atoms with van der Waals surface area (Å²) >= 11 is 0. The van der Waals surface area contributed by atoms with Gasteiger partial charge in [-0.1, -0.05) is 6.07 Å². The fourth-order valence-electron chi connectivity index (χ4n) is 4.07. The lowest BCUT2D eigenvalue weighted by Gasteiger charge is -2.31. The summed E-state index contributed by atoms with van der Waals surface area (Å²) in [4.78, 5) is 27.0. The van der Waals surface area contributed by atoms with Crippen molar-refractivity contribution in [3.63, 3.8) is 0 Å². The molecule has 2 N–H and O–H groups in total. The predicted molar refractivity (Wildman–Crippen MR) is 141 cm³/mol. The Morgan fingerprint density at radius 3 is 2.33 bits per heavy atom. The van der Waals surface area contributed by atoms with Gasteiger partial charge in [0.05, 0.1) is 35.5 Å². The van der Waals surface area contributed by atoms with E-state index in [-0.39, 0.29) is 17.4 Å². The van der Waals surface area contributed by atoms with Crippen LogP contribution in [0.2, 0.25) is 0 Å². The zero-order chi connectivity index (χ0) is 27.7. The number of amides is 2. The van der Waals surface area contributed by atoms with Gasteiger partial charge in [-0.3, -0.25) is 0 Å². The lowest BCUT2D eigenvalue weighted by Crippen LogP contribution is -2.37. The number of rotatable bonds is 6. The molecule has 5 aromatic rings. The van der Waals surface area contributed by atoms with E-state index in [1.54, 1.807) is 18.3 Å². The zero-order valence-corrected chi connectivity index (χ0v) is 20.8. The normalized spacial score (nSPS) is 13.1. The van der Waals surface area contributed by atoms with E-state index in [0.29, 0.717) is 5.75 Å². The van der Waals surface area contributed by atoms with Crippen molar-refractivity contribution in [2.24, 2.45) is 0 Å². The Labute approximate surface area is 225 Å². The van der Waals surface area contributed by atoms with Crippen molar-refractivity contribution in [3.8, 4) is 23.0 Å². The quantitative estimate of drug-likeness (QED) is 0.275. The maximum atomic E-state index is 12.9. The minimum absolute atomic E-state index is 0.00654. The summed E-state index contributed by atoms with van der Waals surface area (Å²) in [7, 11) is 0. The number of aromatic nitrogens is 5. The highest BCUT2D eigenvalue weighted by molar-refractivity contribution is 5.99. The van der Waals surface area contributed by atoms with Crippen molar-refractivity contribution in [1.29, 1.82) is 0 Å². The van der Waals surface area contributed by atoms with Crippen LogP contribution in [0.15, 0.2) is 79.3 Å². The van der Waals surface area contributed by atoms with Gasteiger partial charge < -0.3 is 20.3 Å². The summed E-state index contributed by atoms with van der Waals surface area (Å²) < 4.78 is 46.1. The lowest BCUT2D eigenvalue weighted by molar-refractivity contribution is -0.137. The molecule has 3 aromatic heterocycles. The number of hydrogen-bond acceptors (Lipinski definition) is 7. The van der Waals surface area contributed by atoms with Crippen molar-refractivity contribution in [2.45, 2.75) is 12.6 Å². The molecule has 1 aliphatic rings. The van der Waals surface area contributed by atoms with E-state index in [1.165, 1.54) is 30.9 Å². The number of nitrogens with one attached hydrogen (secondary N) is 2. The molecule has 0 aliphatic carbocycles. The van der Waals surface area contributed by atoms with E-state index < -0.39 is 17.8 Å². The smallest absolute Gasteiger partial charge is 0.416 e. The van der Waals surface area contributed by atoms with Gasteiger partial charge in [-0.2, -0.15) is 13.2 Å². The van der Waals surface area contributed by atoms with Crippen LogP contribution in [0.1, 0.15) is 12.0 Å². The molecule has 0 saturated carbocycles. The lowest BCUT2D eigenvalue weighted by atomic mass is 10.1. The number of halogens is 3. The average molecular weight is 547 g/mol. The standard InChI is InChI=1S/C27H21F3N8O2/c28-27(29,30)18-3-1-4-19(13-18)34-25(39)35-20-14-32-26(33-15-20)40-21-7-5-17(6-8-21)22-16-31-23-9-10-24(36-38(22)23)37-11-2-12-37/h1,3-10,13-16H,2,11-12H2,(H2,34,35,39). The molecule has 40 heavy (non-hydrogen) atoms. The zero-order valence-electron chi connectivity index (χ0n) is 20.8. The van der Waals surface area contributed by atoms with Gasteiger partial charge in [0, 0.05) is 24.3 Å². The number of fused-ring (bicyclic) bond motifs is 1. The van der Waals surface area contributed by atoms with Gasteiger partial charge in [0.2, 0.25) is 0 Å². The number of nitrogens with zero attached hydrogens (tertiary/aromatic N) is 6. The molecule has 6 rings (SSSR count). The van der Waals surface area contributed by atoms with Gasteiger partial charge in [0.25, 0.3) is 0 Å². The van der Waals surface area contributed by atoms with E-state index in [2.05, 4.69) is 30.5 Å². The molecule has 10 nitrogen and oxygen atoms in total. The maximum Gasteiger partial charge on any atom is 0.416 e. The summed E-state index contributed by atoms with van der Waals surface area (Å²) in [6, 6.07) is 14.9. The summed E-state index contributed by atoms with van der Waals surface area (Å²) in [5.74, 6) is 1.41. The average Bonchev–Trinajstić information content (AvgIpc) is 3.32. The van der Waals surface area contributed by atoms with Gasteiger partial charge in [0.1, 0.15) is 11.6 Å². The van der Waals surface area contributed by atoms with Gasteiger partial charge in [0.15, 0.2) is 5.65 Å². The molecule has 4 heterocycles. The summed E-state index contributed by atoms with van der Waals surface area (Å²) in [6.07, 6.45) is 1.07. The monoisotopic (exact) mass is 546 g/mol. The third kappa shape index (κ3) is 5.34. The first-order chi connectivity index (χ1) is 19.3. The Balaban J connectivity index is 1.08. The molecule has 202 valence electrons. The predicted octanol–water partition coefficient (Wildman–Crippen LogP) is 5.85. The molecule has 1 saturated heterocycles. The Morgan fingerprint density at radius 2 is 1.62 bits per heavy atom. The topological polar surface area (TPSA) is 110 Å². The molecule has 0 spiro atoms. The van der Waals surface area contributed by atoms with Crippen LogP contribution < -0.4 is 20.3 Å². The molecule has 0 bridgehead atoms. The number of carbonyl (C=O) groups is 1. The molecule has 2 aromatic carbocycles. The first-order valence-electron chi connectivity index (χ1n) is 12.3. The molecule has 0 unspecified atom stereocenters. The molecule has 0 atom stereocenters. The molecule has 0 radical (unpaired) electrons. The molecular formula is C27H21F3N8O2. The highest BCUT2D eigenvalue weighted by atomic mass is 19.4. The Morgan fingerprint density at radius 1 is 0.875 bits per heavy atom. The van der Waals surface area contributed by atoms with Crippen LogP contribution >= 0.6 is 0 Å². The van der Waals surface area contributed by atoms with Crippen molar-refractivity contribution < 1.29 is 22.7 Å². The summed E-state index contributed by atoms with van der Waals surface area (Å²) in [5, 5.41) is 9.55. The van der Waals surface area contributed by atoms with Crippen LogP contribution in [-0.2, 0) is 6.18 Å². The number of hydrogen-bond donors (Lipinski definition) is 2. The fraction of sp³-hybridized carbons (Fsp3) is 0.148. The van der Waals surface area contributed by atoms with Gasteiger partial charge in [-0.15, -0.1) is 5.10 Å². The first kappa shape index (κ1) is 25.1. The molecule has 1 aliphatic heterocycles. The van der Waals surface area contributed by atoms with Gasteiger partial charge in [-0.05, 0) is 61.0 Å². The fourth-order valence-corrected chi connectivity index (χ4v) is 4.07. The van der Waals surface area contributed by atoms with Crippen molar-refractivity contribution in [1.82, 2.24) is 24.6 Å². The van der Waals surface area contributed by atoms with Crippen LogP contribution in [0.4, 0.5) is 35.2 Å². The van der Waals surface area contributed by atoms with E-state index in [9.17, 15) is 18.0 Å². The number of carbonyl (C=O) groups excluding carboxylic acids is 1. The highest BCUT2D eigenvalue weighted by Crippen LogP contribution is 2.31. The second kappa shape index (κ2) is 10.2. The van der Waals surface area contributed by atoms with Gasteiger partial charge >= 0.3 is 18.2 Å². The van der Waals surface area contributed by atoms with Crippen LogP contribution in [0, 0.1) is 0 Å². The maximum absolute atomic E-state index is 12.9. The molecular weight excluding hydrogens is 525 g/mol. The van der Waals surface area contributed by atoms with Crippen molar-refractivity contribution >= 4 is 28.9 Å². The largest absolute Gasteiger partial charge is 0.424 e. The van der Waals surface area contributed by atoms with Crippen LogP contribution in [0.25, 0.3) is 16.9 Å². The summed E-state index contributed by atoms with van der Waals surface area (Å²) in [5.41, 5.74) is 1.86. The SMILES string of the molecule is O=C(Nc1cnc(Oc2ccc(-c3cnc4ccc(N5CCC5)nn34)cc2)nc1)Nc1cccc(C(F)(F)F)c1. The number of imidazole rings is 1. The minimum Gasteiger partial charge on any atom is -0.424 e. The van der Waals surface area contributed by atoms with Crippen molar-refractivity contribution in [3.05, 3.63) is 84.8 Å². The van der Waals surface area contributed by atoms with E-state index >= 15 is 0 Å². The molecule has 2 amide bonds. The Hall–Kier alpha value is -5.20. The van der Waals surface area contributed by atoms with E-state index in [0.717, 1.165) is 47.9 Å². The van der Waals surface area contributed by atoms with E-state index in [1.807, 2.05) is 28.8 Å². The van der Waals surface area contributed by atoms with Gasteiger partial charge in [-0.25, -0.2) is 24.3 Å². The van der Waals surface area contributed by atoms with Crippen LogP contribution in [0.5, 0.6) is 11.8 Å². The van der Waals surface area contributed by atoms with Crippen LogP contribution in [0.3, 0.4) is 0 Å². The van der Waals surface area contributed by atoms with Crippen LogP contribution in [-0.4, -0.2) is 43.7 Å². The first-order valence-corrected chi connectivity index (χ1v) is 12.3. The summed E-state index contributed by atoms with van der Waals surface area (Å²) in [6.45, 7) is 2.00. The van der Waals surface area contributed by atoms with Crippen molar-refractivity contribution in [2.75, 3.05) is 28.6 Å². The van der Waals surface area contributed by atoms with E-state index in [4.69, 9.17) is 9.84 Å². The number of anilines is 3. The molecule has 13 heteroatoms. The Bertz CT molecular complexity index is 1670. The highest BCUT2D eigenvalue weighted by Gasteiger charge is 2.30. The second-order valence-corrected chi connectivity index (χ2v) is 8.98. The minimum atomic E-state index is -4.51. The second-order valence-electron chi connectivity index (χ2n) is 8.98. The number of urea groups is 1.